The minimum Gasteiger partial charge on any atom is -0.395 e. The van der Waals surface area contributed by atoms with E-state index in [0.717, 1.165) is 0 Å². The number of nitrogens with one attached hydrogen (secondary N) is 1. The highest BCUT2D eigenvalue weighted by Gasteiger charge is 2.11. The van der Waals surface area contributed by atoms with Gasteiger partial charge in [-0.3, -0.25) is 9.59 Å². The van der Waals surface area contributed by atoms with Crippen molar-refractivity contribution in [3.05, 3.63) is 35.4 Å². The Kier molecular flexibility index (Phi) is 4.66. The Morgan fingerprint density at radius 2 is 1.94 bits per heavy atom. The highest BCUT2D eigenvalue weighted by atomic mass is 16.3. The van der Waals surface area contributed by atoms with Crippen molar-refractivity contribution in [3.63, 3.8) is 0 Å². The summed E-state index contributed by atoms with van der Waals surface area (Å²) in [5.74, 6) is -0.450. The van der Waals surface area contributed by atoms with Gasteiger partial charge in [0, 0.05) is 31.8 Å². The minimum atomic E-state index is -0.299. The first-order chi connectivity index (χ1) is 8.06. The predicted molar refractivity (Wildman–Crippen MR) is 63.9 cm³/mol. The van der Waals surface area contributed by atoms with Crippen LogP contribution in [0, 0.1) is 0 Å². The fourth-order valence-corrected chi connectivity index (χ4v) is 1.32. The lowest BCUT2D eigenvalue weighted by Crippen LogP contribution is -2.27. The molecule has 5 nitrogen and oxygen atoms in total. The third-order valence-corrected chi connectivity index (χ3v) is 2.18. The molecule has 0 aliphatic carbocycles. The van der Waals surface area contributed by atoms with Crippen LogP contribution < -0.4 is 5.32 Å². The van der Waals surface area contributed by atoms with Crippen molar-refractivity contribution < 1.29 is 14.7 Å². The molecule has 0 unspecified atom stereocenters. The topological polar surface area (TPSA) is 69.6 Å². The number of aliphatic hydroxyl groups is 1. The summed E-state index contributed by atoms with van der Waals surface area (Å²) in [4.78, 5) is 24.7. The summed E-state index contributed by atoms with van der Waals surface area (Å²) in [6.45, 7) is 0.0900. The van der Waals surface area contributed by atoms with E-state index in [1.807, 2.05) is 0 Å². The van der Waals surface area contributed by atoms with E-state index in [-0.39, 0.29) is 25.0 Å². The van der Waals surface area contributed by atoms with Gasteiger partial charge in [-0.05, 0) is 18.2 Å². The van der Waals surface area contributed by atoms with Crippen molar-refractivity contribution in [3.8, 4) is 0 Å². The van der Waals surface area contributed by atoms with Crippen LogP contribution in [-0.4, -0.2) is 49.1 Å². The molecule has 5 heteroatoms. The van der Waals surface area contributed by atoms with Gasteiger partial charge in [-0.1, -0.05) is 6.07 Å². The van der Waals surface area contributed by atoms with E-state index in [2.05, 4.69) is 5.32 Å². The lowest BCUT2D eigenvalue weighted by atomic mass is 10.1. The fraction of sp³-hybridized carbons (Fsp3) is 0.333. The van der Waals surface area contributed by atoms with E-state index in [1.54, 1.807) is 32.3 Å². The standard InChI is InChI=1S/C12H16N2O3/c1-14(2)12(17)10-5-3-4-9(8-10)11(16)13-6-7-15/h3-5,8,15H,6-7H2,1-2H3,(H,13,16). The summed E-state index contributed by atoms with van der Waals surface area (Å²) in [5.41, 5.74) is 0.873. The third kappa shape index (κ3) is 3.57. The van der Waals surface area contributed by atoms with Gasteiger partial charge in [0.25, 0.3) is 11.8 Å². The molecular formula is C12H16N2O3. The van der Waals surface area contributed by atoms with E-state index in [9.17, 15) is 9.59 Å². The second-order valence-corrected chi connectivity index (χ2v) is 3.76. The third-order valence-electron chi connectivity index (χ3n) is 2.18. The fourth-order valence-electron chi connectivity index (χ4n) is 1.32. The molecule has 0 fully saturated rings. The molecule has 0 aliphatic heterocycles. The van der Waals surface area contributed by atoms with Gasteiger partial charge in [0.1, 0.15) is 0 Å². The minimum absolute atomic E-state index is 0.109. The molecule has 1 aromatic carbocycles. The maximum absolute atomic E-state index is 11.7. The second-order valence-electron chi connectivity index (χ2n) is 3.76. The quantitative estimate of drug-likeness (QED) is 0.779. The lowest BCUT2D eigenvalue weighted by Gasteiger charge is -2.11. The Morgan fingerprint density at radius 1 is 1.29 bits per heavy atom. The largest absolute Gasteiger partial charge is 0.395 e. The van der Waals surface area contributed by atoms with Gasteiger partial charge >= 0.3 is 0 Å². The molecule has 0 spiro atoms. The van der Waals surface area contributed by atoms with Gasteiger partial charge in [0.05, 0.1) is 6.61 Å². The zero-order chi connectivity index (χ0) is 12.8. The van der Waals surface area contributed by atoms with Crippen molar-refractivity contribution in [2.24, 2.45) is 0 Å². The van der Waals surface area contributed by atoms with E-state index in [0.29, 0.717) is 11.1 Å². The van der Waals surface area contributed by atoms with E-state index in [1.165, 1.54) is 11.0 Å². The Hall–Kier alpha value is -1.88. The summed E-state index contributed by atoms with van der Waals surface area (Å²) < 4.78 is 0. The van der Waals surface area contributed by atoms with Gasteiger partial charge in [0.2, 0.25) is 0 Å². The van der Waals surface area contributed by atoms with Crippen LogP contribution in [0.4, 0.5) is 0 Å². The molecule has 0 aliphatic rings. The maximum atomic E-state index is 11.7. The maximum Gasteiger partial charge on any atom is 0.253 e. The molecule has 0 radical (unpaired) electrons. The number of benzene rings is 1. The average molecular weight is 236 g/mol. The highest BCUT2D eigenvalue weighted by molar-refractivity contribution is 5.99. The summed E-state index contributed by atoms with van der Waals surface area (Å²) >= 11 is 0. The zero-order valence-electron chi connectivity index (χ0n) is 9.93. The van der Waals surface area contributed by atoms with Crippen molar-refractivity contribution in [2.45, 2.75) is 0 Å². The van der Waals surface area contributed by atoms with Crippen LogP contribution in [0.25, 0.3) is 0 Å². The molecule has 0 saturated carbocycles. The van der Waals surface area contributed by atoms with E-state index >= 15 is 0 Å². The number of rotatable bonds is 4. The Morgan fingerprint density at radius 3 is 2.53 bits per heavy atom. The first-order valence-corrected chi connectivity index (χ1v) is 5.27. The van der Waals surface area contributed by atoms with Crippen LogP contribution >= 0.6 is 0 Å². The van der Waals surface area contributed by atoms with Crippen molar-refractivity contribution >= 4 is 11.8 Å². The molecule has 2 amide bonds. The van der Waals surface area contributed by atoms with Crippen molar-refractivity contribution in [1.29, 1.82) is 0 Å². The Labute approximate surface area is 100 Å². The first kappa shape index (κ1) is 13.2. The molecule has 0 aromatic heterocycles. The van der Waals surface area contributed by atoms with Crippen molar-refractivity contribution in [1.82, 2.24) is 10.2 Å². The number of carbonyl (C=O) groups excluding carboxylic acids is 2. The van der Waals surface area contributed by atoms with E-state index < -0.39 is 0 Å². The molecule has 0 saturated heterocycles. The molecule has 1 aromatic rings. The van der Waals surface area contributed by atoms with Crippen LogP contribution in [-0.2, 0) is 0 Å². The molecule has 2 N–H and O–H groups in total. The number of hydrogen-bond acceptors (Lipinski definition) is 3. The Balaban J connectivity index is 2.86. The predicted octanol–water partition coefficient (Wildman–Crippen LogP) is 0.110. The summed E-state index contributed by atoms with van der Waals surface area (Å²) in [7, 11) is 3.31. The van der Waals surface area contributed by atoms with Crippen LogP contribution in [0.1, 0.15) is 20.7 Å². The molecule has 17 heavy (non-hydrogen) atoms. The van der Waals surface area contributed by atoms with Crippen LogP contribution in [0.2, 0.25) is 0 Å². The van der Waals surface area contributed by atoms with Gasteiger partial charge in [-0.25, -0.2) is 0 Å². The molecule has 1 rings (SSSR count). The van der Waals surface area contributed by atoms with Gasteiger partial charge < -0.3 is 15.3 Å². The number of carbonyl (C=O) groups is 2. The smallest absolute Gasteiger partial charge is 0.253 e. The first-order valence-electron chi connectivity index (χ1n) is 5.27. The molecule has 0 bridgehead atoms. The number of amides is 2. The lowest BCUT2D eigenvalue weighted by molar-refractivity contribution is 0.0827. The number of hydrogen-bond donors (Lipinski definition) is 2. The van der Waals surface area contributed by atoms with Gasteiger partial charge in [0.15, 0.2) is 0 Å². The van der Waals surface area contributed by atoms with Crippen LogP contribution in [0.3, 0.4) is 0 Å². The summed E-state index contributed by atoms with van der Waals surface area (Å²) in [6, 6.07) is 6.48. The zero-order valence-corrected chi connectivity index (χ0v) is 9.93. The van der Waals surface area contributed by atoms with E-state index in [4.69, 9.17) is 5.11 Å². The molecular weight excluding hydrogens is 220 g/mol. The van der Waals surface area contributed by atoms with Crippen LogP contribution in [0.15, 0.2) is 24.3 Å². The highest BCUT2D eigenvalue weighted by Crippen LogP contribution is 2.07. The average Bonchev–Trinajstić information content (AvgIpc) is 2.35. The SMILES string of the molecule is CN(C)C(=O)c1cccc(C(=O)NCCO)c1. The van der Waals surface area contributed by atoms with Gasteiger partial charge in [-0.2, -0.15) is 0 Å². The van der Waals surface area contributed by atoms with Crippen molar-refractivity contribution in [2.75, 3.05) is 27.2 Å². The number of nitrogens with zero attached hydrogens (tertiary/aromatic N) is 1. The molecule has 0 atom stereocenters. The second kappa shape index (κ2) is 6.00. The summed E-state index contributed by atoms with van der Waals surface area (Å²) in [6.07, 6.45) is 0. The normalized spacial score (nSPS) is 9.82. The van der Waals surface area contributed by atoms with Gasteiger partial charge in [-0.15, -0.1) is 0 Å². The molecule has 0 heterocycles. The monoisotopic (exact) mass is 236 g/mol. The Bertz CT molecular complexity index is 416. The summed E-state index contributed by atoms with van der Waals surface area (Å²) in [5, 5.41) is 11.1. The van der Waals surface area contributed by atoms with Crippen LogP contribution in [0.5, 0.6) is 0 Å². The number of aliphatic hydroxyl groups excluding tert-OH is 1. The molecule has 92 valence electrons.